The maximum absolute atomic E-state index is 13.2. The maximum atomic E-state index is 13.2. The number of hydrogen-bond acceptors (Lipinski definition) is 4. The van der Waals surface area contributed by atoms with Gasteiger partial charge in [0.05, 0.1) is 19.1 Å². The van der Waals surface area contributed by atoms with Crippen LogP contribution in [-0.2, 0) is 11.2 Å². The number of imide groups is 1. The SMILES string of the molecule is COc1ccc([C@@H]2Oc3ccccc3C(=O)N2C(=O)Cc2ccccc2)cc1. The highest BCUT2D eigenvalue weighted by molar-refractivity contribution is 6.07. The number of fused-ring (bicyclic) bond motifs is 1. The summed E-state index contributed by atoms with van der Waals surface area (Å²) in [6, 6.07) is 23.5. The van der Waals surface area contributed by atoms with Crippen LogP contribution in [0, 0.1) is 0 Å². The predicted octanol–water partition coefficient (Wildman–Crippen LogP) is 4.00. The molecule has 0 N–H and O–H groups in total. The van der Waals surface area contributed by atoms with E-state index >= 15 is 0 Å². The minimum Gasteiger partial charge on any atom is -0.497 e. The smallest absolute Gasteiger partial charge is 0.267 e. The zero-order valence-electron chi connectivity index (χ0n) is 15.4. The summed E-state index contributed by atoms with van der Waals surface area (Å²) in [5.41, 5.74) is 1.92. The van der Waals surface area contributed by atoms with Crippen molar-refractivity contribution in [3.63, 3.8) is 0 Å². The number of ether oxygens (including phenoxy) is 2. The average molecular weight is 373 g/mol. The summed E-state index contributed by atoms with van der Waals surface area (Å²) in [6.45, 7) is 0. The summed E-state index contributed by atoms with van der Waals surface area (Å²) in [7, 11) is 1.58. The van der Waals surface area contributed by atoms with Crippen LogP contribution in [0.5, 0.6) is 11.5 Å². The number of nitrogens with zero attached hydrogens (tertiary/aromatic N) is 1. The third kappa shape index (κ3) is 3.34. The fourth-order valence-corrected chi connectivity index (χ4v) is 3.24. The molecule has 5 nitrogen and oxygen atoms in total. The fraction of sp³-hybridized carbons (Fsp3) is 0.130. The first-order valence-corrected chi connectivity index (χ1v) is 8.97. The van der Waals surface area contributed by atoms with Crippen LogP contribution in [0.1, 0.15) is 27.7 Å². The second-order valence-corrected chi connectivity index (χ2v) is 6.47. The average Bonchev–Trinajstić information content (AvgIpc) is 2.74. The lowest BCUT2D eigenvalue weighted by molar-refractivity contribution is -0.135. The minimum atomic E-state index is -0.829. The van der Waals surface area contributed by atoms with Crippen molar-refractivity contribution in [2.45, 2.75) is 12.6 Å². The molecule has 4 rings (SSSR count). The molecule has 0 fully saturated rings. The van der Waals surface area contributed by atoms with Crippen LogP contribution < -0.4 is 9.47 Å². The van der Waals surface area contributed by atoms with Crippen LogP contribution in [-0.4, -0.2) is 23.8 Å². The van der Waals surface area contributed by atoms with Crippen LogP contribution >= 0.6 is 0 Å². The highest BCUT2D eigenvalue weighted by atomic mass is 16.5. The molecule has 0 saturated heterocycles. The highest BCUT2D eigenvalue weighted by Crippen LogP contribution is 2.36. The topological polar surface area (TPSA) is 55.8 Å². The molecule has 1 heterocycles. The quantitative estimate of drug-likeness (QED) is 0.694. The van der Waals surface area contributed by atoms with Gasteiger partial charge in [-0.25, -0.2) is 4.90 Å². The molecule has 3 aromatic rings. The molecule has 0 unspecified atom stereocenters. The van der Waals surface area contributed by atoms with Gasteiger partial charge in [-0.1, -0.05) is 42.5 Å². The zero-order valence-corrected chi connectivity index (χ0v) is 15.4. The van der Waals surface area contributed by atoms with Gasteiger partial charge in [-0.15, -0.1) is 0 Å². The number of methoxy groups -OCH3 is 1. The van der Waals surface area contributed by atoms with E-state index in [4.69, 9.17) is 9.47 Å². The maximum Gasteiger partial charge on any atom is 0.267 e. The number of carbonyl (C=O) groups is 2. The molecule has 3 aromatic carbocycles. The van der Waals surface area contributed by atoms with Gasteiger partial charge in [0.1, 0.15) is 11.5 Å². The van der Waals surface area contributed by atoms with Crippen molar-refractivity contribution in [3.8, 4) is 11.5 Å². The molecular formula is C23H19NO4. The Balaban J connectivity index is 1.72. The molecule has 28 heavy (non-hydrogen) atoms. The van der Waals surface area contributed by atoms with E-state index in [0.29, 0.717) is 22.6 Å². The first-order valence-electron chi connectivity index (χ1n) is 8.97. The Morgan fingerprint density at radius 3 is 2.36 bits per heavy atom. The van der Waals surface area contributed by atoms with E-state index < -0.39 is 6.23 Å². The molecule has 0 radical (unpaired) electrons. The largest absolute Gasteiger partial charge is 0.497 e. The van der Waals surface area contributed by atoms with Crippen LogP contribution in [0.15, 0.2) is 78.9 Å². The Morgan fingerprint density at radius 1 is 0.964 bits per heavy atom. The Labute approximate surface area is 163 Å². The van der Waals surface area contributed by atoms with Crippen molar-refractivity contribution in [3.05, 3.63) is 95.6 Å². The standard InChI is InChI=1S/C23H19NO4/c1-27-18-13-11-17(12-14-18)23-24(21(25)15-16-7-3-2-4-8-16)22(26)19-9-5-6-10-20(19)28-23/h2-14,23H,15H2,1H3/t23-/m0/s1. The lowest BCUT2D eigenvalue weighted by atomic mass is 10.0. The molecule has 1 aliphatic rings. The second-order valence-electron chi connectivity index (χ2n) is 6.47. The number of benzene rings is 3. The molecule has 0 saturated carbocycles. The van der Waals surface area contributed by atoms with E-state index in [2.05, 4.69) is 0 Å². The predicted molar refractivity (Wildman–Crippen MR) is 104 cm³/mol. The third-order valence-corrected chi connectivity index (χ3v) is 4.68. The van der Waals surface area contributed by atoms with Crippen molar-refractivity contribution >= 4 is 11.8 Å². The monoisotopic (exact) mass is 373 g/mol. The number of carbonyl (C=O) groups excluding carboxylic acids is 2. The van der Waals surface area contributed by atoms with E-state index in [1.165, 1.54) is 4.90 Å². The van der Waals surface area contributed by atoms with Crippen molar-refractivity contribution in [2.24, 2.45) is 0 Å². The van der Waals surface area contributed by atoms with E-state index in [0.717, 1.165) is 5.56 Å². The van der Waals surface area contributed by atoms with Gasteiger partial charge in [0.25, 0.3) is 5.91 Å². The second kappa shape index (κ2) is 7.56. The van der Waals surface area contributed by atoms with Crippen LogP contribution in [0.2, 0.25) is 0 Å². The summed E-state index contributed by atoms with van der Waals surface area (Å²) >= 11 is 0. The molecule has 0 aromatic heterocycles. The lowest BCUT2D eigenvalue weighted by Gasteiger charge is -2.35. The molecular weight excluding hydrogens is 354 g/mol. The summed E-state index contributed by atoms with van der Waals surface area (Å²) in [5, 5.41) is 0. The van der Waals surface area contributed by atoms with E-state index in [9.17, 15) is 9.59 Å². The van der Waals surface area contributed by atoms with Gasteiger partial charge < -0.3 is 9.47 Å². The molecule has 2 amide bonds. The summed E-state index contributed by atoms with van der Waals surface area (Å²) < 4.78 is 11.3. The van der Waals surface area contributed by atoms with Crippen molar-refractivity contribution in [1.29, 1.82) is 0 Å². The Bertz CT molecular complexity index is 999. The molecule has 1 atom stereocenters. The van der Waals surface area contributed by atoms with Crippen LogP contribution in [0.25, 0.3) is 0 Å². The van der Waals surface area contributed by atoms with Gasteiger partial charge in [0.15, 0.2) is 0 Å². The summed E-state index contributed by atoms with van der Waals surface area (Å²) in [5.74, 6) is 0.487. The zero-order chi connectivity index (χ0) is 19.5. The molecule has 0 bridgehead atoms. The Hall–Kier alpha value is -3.60. The van der Waals surface area contributed by atoms with Gasteiger partial charge in [0, 0.05) is 5.56 Å². The number of amides is 2. The van der Waals surface area contributed by atoms with E-state index in [-0.39, 0.29) is 18.2 Å². The first-order chi connectivity index (χ1) is 13.7. The van der Waals surface area contributed by atoms with Crippen molar-refractivity contribution in [2.75, 3.05) is 7.11 Å². The molecule has 1 aliphatic heterocycles. The molecule has 140 valence electrons. The van der Waals surface area contributed by atoms with Gasteiger partial charge in [0.2, 0.25) is 12.1 Å². The highest BCUT2D eigenvalue weighted by Gasteiger charge is 2.38. The van der Waals surface area contributed by atoms with Gasteiger partial charge in [-0.2, -0.15) is 0 Å². The van der Waals surface area contributed by atoms with Gasteiger partial charge >= 0.3 is 0 Å². The van der Waals surface area contributed by atoms with Gasteiger partial charge in [-0.05, 0) is 42.0 Å². The minimum absolute atomic E-state index is 0.116. The fourth-order valence-electron chi connectivity index (χ4n) is 3.24. The van der Waals surface area contributed by atoms with Crippen LogP contribution in [0.4, 0.5) is 0 Å². The molecule has 0 spiro atoms. The van der Waals surface area contributed by atoms with Crippen molar-refractivity contribution in [1.82, 2.24) is 4.90 Å². The first kappa shape index (κ1) is 17.8. The van der Waals surface area contributed by atoms with E-state index in [1.807, 2.05) is 30.3 Å². The Kier molecular flexibility index (Phi) is 4.81. The Morgan fingerprint density at radius 2 is 1.64 bits per heavy atom. The van der Waals surface area contributed by atoms with Crippen molar-refractivity contribution < 1.29 is 19.1 Å². The normalized spacial score (nSPS) is 15.5. The number of hydrogen-bond donors (Lipinski definition) is 0. The molecule has 0 aliphatic carbocycles. The lowest BCUT2D eigenvalue weighted by Crippen LogP contribution is -2.46. The number of para-hydroxylation sites is 1. The third-order valence-electron chi connectivity index (χ3n) is 4.68. The van der Waals surface area contributed by atoms with Crippen LogP contribution in [0.3, 0.4) is 0 Å². The summed E-state index contributed by atoms with van der Waals surface area (Å²) in [4.78, 5) is 27.5. The summed E-state index contributed by atoms with van der Waals surface area (Å²) in [6.07, 6.45) is -0.713. The number of rotatable bonds is 4. The van der Waals surface area contributed by atoms with E-state index in [1.54, 1.807) is 55.6 Å². The molecule has 5 heteroatoms. The van der Waals surface area contributed by atoms with Gasteiger partial charge in [-0.3, -0.25) is 9.59 Å².